The summed E-state index contributed by atoms with van der Waals surface area (Å²) in [4.78, 5) is 25.9. The van der Waals surface area contributed by atoms with Crippen LogP contribution in [0.25, 0.3) is 0 Å². The van der Waals surface area contributed by atoms with E-state index in [2.05, 4.69) is 0 Å². The second-order valence-electron chi connectivity index (χ2n) is 6.59. The van der Waals surface area contributed by atoms with Crippen LogP contribution in [0.15, 0.2) is 42.5 Å². The van der Waals surface area contributed by atoms with Crippen molar-refractivity contribution >= 4 is 11.7 Å². The Bertz CT molecular complexity index is 831. The lowest BCUT2D eigenvalue weighted by molar-refractivity contribution is -0.134. The standard InChI is InChI=1S/C21H22FNO4/c1-14(24)16-5-10-19(20(11-16)26-2)27-13-21(25)23(18-8-9-18)12-15-3-6-17(22)7-4-15/h3-7,10-11,18H,8-9,12-13H2,1-2H3. The Kier molecular flexibility index (Phi) is 5.74. The Balaban J connectivity index is 1.66. The van der Waals surface area contributed by atoms with Gasteiger partial charge in [-0.05, 0) is 55.7 Å². The average molecular weight is 371 g/mol. The van der Waals surface area contributed by atoms with Crippen LogP contribution in [-0.2, 0) is 11.3 Å². The van der Waals surface area contributed by atoms with Gasteiger partial charge >= 0.3 is 0 Å². The van der Waals surface area contributed by atoms with Gasteiger partial charge in [-0.25, -0.2) is 4.39 Å². The lowest BCUT2D eigenvalue weighted by Gasteiger charge is -2.23. The predicted molar refractivity (Wildman–Crippen MR) is 98.5 cm³/mol. The summed E-state index contributed by atoms with van der Waals surface area (Å²) in [6, 6.07) is 11.2. The number of Topliss-reactive ketones (excluding diaryl/α,β-unsaturated/α-hetero) is 1. The largest absolute Gasteiger partial charge is 0.493 e. The maximum absolute atomic E-state index is 13.1. The molecule has 142 valence electrons. The SMILES string of the molecule is COc1cc(C(C)=O)ccc1OCC(=O)N(Cc1ccc(F)cc1)C1CC1. The Labute approximate surface area is 157 Å². The van der Waals surface area contributed by atoms with Crippen LogP contribution in [-0.4, -0.2) is 36.3 Å². The first kappa shape index (κ1) is 18.9. The van der Waals surface area contributed by atoms with Gasteiger partial charge in [-0.2, -0.15) is 0 Å². The second kappa shape index (κ2) is 8.20. The minimum absolute atomic E-state index is 0.0740. The molecule has 1 aliphatic carbocycles. The lowest BCUT2D eigenvalue weighted by Crippen LogP contribution is -2.36. The number of ether oxygens (including phenoxy) is 2. The molecule has 0 bridgehead atoms. The Morgan fingerprint density at radius 3 is 2.41 bits per heavy atom. The fourth-order valence-electron chi connectivity index (χ4n) is 2.82. The van der Waals surface area contributed by atoms with E-state index >= 15 is 0 Å². The van der Waals surface area contributed by atoms with Crippen LogP contribution in [0, 0.1) is 5.82 Å². The maximum atomic E-state index is 13.1. The molecule has 0 spiro atoms. The molecule has 0 radical (unpaired) electrons. The monoisotopic (exact) mass is 371 g/mol. The summed E-state index contributed by atoms with van der Waals surface area (Å²) in [5.74, 6) is 0.308. The molecule has 0 heterocycles. The van der Waals surface area contributed by atoms with Gasteiger partial charge in [0.25, 0.3) is 5.91 Å². The number of nitrogens with zero attached hydrogens (tertiary/aromatic N) is 1. The molecule has 0 atom stereocenters. The summed E-state index contributed by atoms with van der Waals surface area (Å²) in [6.07, 6.45) is 1.92. The van der Waals surface area contributed by atoms with Gasteiger partial charge in [0, 0.05) is 18.2 Å². The van der Waals surface area contributed by atoms with Crippen LogP contribution in [0.3, 0.4) is 0 Å². The molecule has 0 unspecified atom stereocenters. The van der Waals surface area contributed by atoms with Gasteiger partial charge in [0.15, 0.2) is 23.9 Å². The third-order valence-electron chi connectivity index (χ3n) is 4.50. The van der Waals surface area contributed by atoms with Crippen molar-refractivity contribution in [1.29, 1.82) is 0 Å². The molecular weight excluding hydrogens is 349 g/mol. The zero-order valence-corrected chi connectivity index (χ0v) is 15.4. The van der Waals surface area contributed by atoms with E-state index in [-0.39, 0.29) is 30.2 Å². The van der Waals surface area contributed by atoms with Crippen LogP contribution < -0.4 is 9.47 Å². The highest BCUT2D eigenvalue weighted by Crippen LogP contribution is 2.30. The first-order valence-corrected chi connectivity index (χ1v) is 8.83. The van der Waals surface area contributed by atoms with E-state index in [0.29, 0.717) is 23.6 Å². The molecule has 3 rings (SSSR count). The molecule has 1 aliphatic rings. The molecule has 1 fully saturated rings. The van der Waals surface area contributed by atoms with Crippen LogP contribution >= 0.6 is 0 Å². The van der Waals surface area contributed by atoms with Crippen molar-refractivity contribution in [2.45, 2.75) is 32.4 Å². The number of hydrogen-bond donors (Lipinski definition) is 0. The molecule has 1 amide bonds. The summed E-state index contributed by atoms with van der Waals surface area (Å²) >= 11 is 0. The summed E-state index contributed by atoms with van der Waals surface area (Å²) in [5.41, 5.74) is 1.39. The van der Waals surface area contributed by atoms with Gasteiger partial charge in [-0.1, -0.05) is 12.1 Å². The van der Waals surface area contributed by atoms with Crippen LogP contribution in [0.5, 0.6) is 11.5 Å². The zero-order valence-electron chi connectivity index (χ0n) is 15.4. The fourth-order valence-corrected chi connectivity index (χ4v) is 2.82. The fraction of sp³-hybridized carbons (Fsp3) is 0.333. The minimum Gasteiger partial charge on any atom is -0.493 e. The highest BCUT2D eigenvalue weighted by Gasteiger charge is 2.32. The van der Waals surface area contributed by atoms with Gasteiger partial charge in [-0.15, -0.1) is 0 Å². The van der Waals surface area contributed by atoms with Crippen molar-refractivity contribution in [2.75, 3.05) is 13.7 Å². The van der Waals surface area contributed by atoms with E-state index in [1.807, 2.05) is 0 Å². The van der Waals surface area contributed by atoms with Crippen molar-refractivity contribution in [2.24, 2.45) is 0 Å². The average Bonchev–Trinajstić information content (AvgIpc) is 3.50. The van der Waals surface area contributed by atoms with Crippen molar-refractivity contribution in [3.8, 4) is 11.5 Å². The van der Waals surface area contributed by atoms with Gasteiger partial charge in [0.2, 0.25) is 0 Å². The van der Waals surface area contributed by atoms with E-state index in [9.17, 15) is 14.0 Å². The summed E-state index contributed by atoms with van der Waals surface area (Å²) < 4.78 is 24.0. The summed E-state index contributed by atoms with van der Waals surface area (Å²) in [7, 11) is 1.49. The molecule has 1 saturated carbocycles. The van der Waals surface area contributed by atoms with Gasteiger partial charge in [-0.3, -0.25) is 9.59 Å². The van der Waals surface area contributed by atoms with Crippen molar-refractivity contribution in [3.63, 3.8) is 0 Å². The van der Waals surface area contributed by atoms with Crippen LogP contribution in [0.4, 0.5) is 4.39 Å². The van der Waals surface area contributed by atoms with E-state index in [0.717, 1.165) is 18.4 Å². The Morgan fingerprint density at radius 1 is 1.11 bits per heavy atom. The highest BCUT2D eigenvalue weighted by molar-refractivity contribution is 5.94. The van der Waals surface area contributed by atoms with Crippen molar-refractivity contribution in [1.82, 2.24) is 4.90 Å². The Hall–Kier alpha value is -2.89. The molecule has 2 aromatic carbocycles. The molecule has 27 heavy (non-hydrogen) atoms. The first-order chi connectivity index (χ1) is 13.0. The zero-order chi connectivity index (χ0) is 19.4. The van der Waals surface area contributed by atoms with Crippen molar-refractivity contribution in [3.05, 3.63) is 59.4 Å². The van der Waals surface area contributed by atoms with Crippen LogP contribution in [0.2, 0.25) is 0 Å². The van der Waals surface area contributed by atoms with Gasteiger partial charge in [0.1, 0.15) is 5.82 Å². The van der Waals surface area contributed by atoms with E-state index in [1.165, 1.54) is 26.2 Å². The number of rotatable bonds is 8. The summed E-state index contributed by atoms with van der Waals surface area (Å²) in [6.45, 7) is 1.77. The van der Waals surface area contributed by atoms with E-state index in [4.69, 9.17) is 9.47 Å². The number of benzene rings is 2. The van der Waals surface area contributed by atoms with E-state index in [1.54, 1.807) is 35.2 Å². The first-order valence-electron chi connectivity index (χ1n) is 8.83. The number of amides is 1. The molecule has 0 N–H and O–H groups in total. The molecule has 6 heteroatoms. The molecule has 0 aliphatic heterocycles. The third-order valence-corrected chi connectivity index (χ3v) is 4.50. The maximum Gasteiger partial charge on any atom is 0.261 e. The highest BCUT2D eigenvalue weighted by atomic mass is 19.1. The number of ketones is 1. The molecular formula is C21H22FNO4. The van der Waals surface area contributed by atoms with E-state index < -0.39 is 0 Å². The molecule has 2 aromatic rings. The normalized spacial score (nSPS) is 13.1. The number of halogens is 1. The summed E-state index contributed by atoms with van der Waals surface area (Å²) in [5, 5.41) is 0. The predicted octanol–water partition coefficient (Wildman–Crippen LogP) is 3.61. The molecule has 5 nitrogen and oxygen atoms in total. The van der Waals surface area contributed by atoms with Crippen molar-refractivity contribution < 1.29 is 23.5 Å². The number of hydrogen-bond acceptors (Lipinski definition) is 4. The number of methoxy groups -OCH3 is 1. The molecule has 0 aromatic heterocycles. The van der Waals surface area contributed by atoms with Gasteiger partial charge < -0.3 is 14.4 Å². The number of carbonyl (C=O) groups excluding carboxylic acids is 2. The lowest BCUT2D eigenvalue weighted by atomic mass is 10.1. The Morgan fingerprint density at radius 2 is 1.81 bits per heavy atom. The smallest absolute Gasteiger partial charge is 0.261 e. The minimum atomic E-state index is -0.299. The quantitative estimate of drug-likeness (QED) is 0.665. The second-order valence-corrected chi connectivity index (χ2v) is 6.59. The van der Waals surface area contributed by atoms with Gasteiger partial charge in [0.05, 0.1) is 7.11 Å². The topological polar surface area (TPSA) is 55.8 Å². The number of carbonyl (C=O) groups is 2. The molecule has 0 saturated heterocycles. The third kappa shape index (κ3) is 4.84. The van der Waals surface area contributed by atoms with Crippen LogP contribution in [0.1, 0.15) is 35.7 Å².